The first-order valence-electron chi connectivity index (χ1n) is 5.33. The van der Waals surface area contributed by atoms with E-state index in [9.17, 15) is 24.0 Å². The molecule has 0 saturated heterocycles. The normalized spacial score (nSPS) is 9.09. The summed E-state index contributed by atoms with van der Waals surface area (Å²) in [5.74, 6) is -6.75. The summed E-state index contributed by atoms with van der Waals surface area (Å²) in [4.78, 5) is 50.6. The highest BCUT2D eigenvalue weighted by Gasteiger charge is 2.14. The van der Waals surface area contributed by atoms with Gasteiger partial charge in [0.15, 0.2) is 0 Å². The Morgan fingerprint density at radius 2 is 0.818 bits per heavy atom. The predicted molar refractivity (Wildman–Crippen MR) is 67.2 cm³/mol. The Hall–Kier alpha value is -3.43. The fraction of sp³-hybridized carbons (Fsp3) is 0.0833. The van der Waals surface area contributed by atoms with E-state index < -0.39 is 36.3 Å². The van der Waals surface area contributed by atoms with Crippen LogP contribution in [0.1, 0.15) is 37.5 Å². The topological polar surface area (TPSA) is 186 Å². The molecule has 5 N–H and O–H groups in total. The number of hydrogen-bond acceptors (Lipinski definition) is 5. The van der Waals surface area contributed by atoms with Gasteiger partial charge in [0.05, 0.1) is 16.7 Å². The highest BCUT2D eigenvalue weighted by molar-refractivity contribution is 5.98. The lowest BCUT2D eigenvalue weighted by atomic mass is 10.1. The average Bonchev–Trinajstić information content (AvgIpc) is 2.36. The van der Waals surface area contributed by atoms with Gasteiger partial charge in [0, 0.05) is 0 Å². The summed E-state index contributed by atoms with van der Waals surface area (Å²) in [6.07, 6.45) is -0.806. The summed E-state index contributed by atoms with van der Waals surface area (Å²) in [5, 5.41) is 41.2. The number of carboxylic acids is 5. The molecule has 1 aromatic rings. The summed E-state index contributed by atoms with van der Waals surface area (Å²) < 4.78 is 0. The molecule has 0 aromatic heterocycles. The van der Waals surface area contributed by atoms with Crippen molar-refractivity contribution in [3.63, 3.8) is 0 Å². The van der Waals surface area contributed by atoms with Crippen LogP contribution in [0, 0.1) is 0 Å². The second-order valence-corrected chi connectivity index (χ2v) is 3.68. The number of benzene rings is 1. The Balaban J connectivity index is 0.000000534. The van der Waals surface area contributed by atoms with E-state index in [1.165, 1.54) is 0 Å². The van der Waals surface area contributed by atoms with Crippen LogP contribution in [0.3, 0.4) is 0 Å². The van der Waals surface area contributed by atoms with Gasteiger partial charge in [0.2, 0.25) is 0 Å². The molecule has 0 heterocycles. The number of aromatic carboxylic acids is 3. The molecule has 0 aliphatic carbocycles. The van der Waals surface area contributed by atoms with Gasteiger partial charge in [0.25, 0.3) is 0 Å². The molecule has 0 bridgehead atoms. The minimum Gasteiger partial charge on any atom is -0.481 e. The van der Waals surface area contributed by atoms with Crippen LogP contribution in [-0.4, -0.2) is 55.4 Å². The monoisotopic (exact) mass is 314 g/mol. The maximum Gasteiger partial charge on any atom is 0.335 e. The summed E-state index contributed by atoms with van der Waals surface area (Å²) in [6, 6.07) is 2.70. The van der Waals surface area contributed by atoms with Crippen LogP contribution in [0.2, 0.25) is 0 Å². The van der Waals surface area contributed by atoms with E-state index in [-0.39, 0.29) is 16.7 Å². The molecule has 0 unspecified atom stereocenters. The average molecular weight is 314 g/mol. The standard InChI is InChI=1S/C9H6O6.C3H4O4/c10-7(11)4-1-5(8(12)13)3-6(2-4)9(14)15;4-2(5)1-3(6)7/h1-3H,(H,10,11)(H,12,13)(H,14,15);1H2,(H,4,5)(H,6,7). The zero-order chi connectivity index (χ0) is 17.4. The molecule has 0 radical (unpaired) electrons. The summed E-state index contributed by atoms with van der Waals surface area (Å²) >= 11 is 0. The van der Waals surface area contributed by atoms with Gasteiger partial charge in [-0.25, -0.2) is 14.4 Å². The number of carboxylic acid groups (broad SMARTS) is 5. The zero-order valence-corrected chi connectivity index (χ0v) is 10.7. The van der Waals surface area contributed by atoms with Gasteiger partial charge in [-0.05, 0) is 18.2 Å². The molecule has 1 aromatic carbocycles. The van der Waals surface area contributed by atoms with Crippen molar-refractivity contribution < 1.29 is 49.5 Å². The Bertz CT molecular complexity index is 540. The summed E-state index contributed by atoms with van der Waals surface area (Å²) in [6.45, 7) is 0. The highest BCUT2D eigenvalue weighted by atomic mass is 16.4. The van der Waals surface area contributed by atoms with E-state index in [1.807, 2.05) is 0 Å². The molecule has 118 valence electrons. The molecule has 0 atom stereocenters. The van der Waals surface area contributed by atoms with E-state index in [4.69, 9.17) is 25.5 Å². The van der Waals surface area contributed by atoms with Gasteiger partial charge < -0.3 is 25.5 Å². The van der Waals surface area contributed by atoms with Crippen LogP contribution in [0.25, 0.3) is 0 Å². The van der Waals surface area contributed by atoms with E-state index in [0.717, 1.165) is 18.2 Å². The smallest absolute Gasteiger partial charge is 0.335 e. The molecule has 0 saturated carbocycles. The largest absolute Gasteiger partial charge is 0.481 e. The third kappa shape index (κ3) is 6.65. The third-order valence-electron chi connectivity index (χ3n) is 1.98. The van der Waals surface area contributed by atoms with Crippen LogP contribution in [0.5, 0.6) is 0 Å². The van der Waals surface area contributed by atoms with Crippen LogP contribution in [-0.2, 0) is 9.59 Å². The quantitative estimate of drug-likeness (QED) is 0.474. The molecule has 10 nitrogen and oxygen atoms in total. The fourth-order valence-corrected chi connectivity index (χ4v) is 1.13. The van der Waals surface area contributed by atoms with Gasteiger partial charge in [-0.2, -0.15) is 0 Å². The summed E-state index contributed by atoms with van der Waals surface area (Å²) in [5.41, 5.74) is -1.10. The van der Waals surface area contributed by atoms with Gasteiger partial charge in [-0.1, -0.05) is 0 Å². The van der Waals surface area contributed by atoms with E-state index >= 15 is 0 Å². The lowest BCUT2D eigenvalue weighted by Crippen LogP contribution is -2.07. The molecular formula is C12H10O10. The number of rotatable bonds is 5. The van der Waals surface area contributed by atoms with Gasteiger partial charge in [0.1, 0.15) is 6.42 Å². The molecule has 0 fully saturated rings. The van der Waals surface area contributed by atoms with E-state index in [2.05, 4.69) is 0 Å². The Morgan fingerprint density at radius 1 is 0.591 bits per heavy atom. The van der Waals surface area contributed by atoms with Crippen molar-refractivity contribution in [2.75, 3.05) is 0 Å². The second kappa shape index (κ2) is 7.99. The molecule has 22 heavy (non-hydrogen) atoms. The molecule has 0 spiro atoms. The third-order valence-corrected chi connectivity index (χ3v) is 1.98. The van der Waals surface area contributed by atoms with Crippen molar-refractivity contribution in [3.05, 3.63) is 34.9 Å². The predicted octanol–water partition coefficient (Wildman–Crippen LogP) is 0.327. The maximum absolute atomic E-state index is 10.6. The lowest BCUT2D eigenvalue weighted by Gasteiger charge is -2.00. The van der Waals surface area contributed by atoms with Gasteiger partial charge in [-0.15, -0.1) is 0 Å². The molecule has 0 amide bonds. The Morgan fingerprint density at radius 3 is 0.909 bits per heavy atom. The summed E-state index contributed by atoms with van der Waals surface area (Å²) in [7, 11) is 0. The first kappa shape index (κ1) is 18.6. The van der Waals surface area contributed by atoms with Crippen molar-refractivity contribution in [2.24, 2.45) is 0 Å². The van der Waals surface area contributed by atoms with Crippen molar-refractivity contribution in [1.29, 1.82) is 0 Å². The van der Waals surface area contributed by atoms with Crippen LogP contribution in [0.15, 0.2) is 18.2 Å². The Labute approximate surface area is 121 Å². The van der Waals surface area contributed by atoms with Gasteiger partial charge >= 0.3 is 29.8 Å². The first-order chi connectivity index (χ1) is 10.0. The lowest BCUT2D eigenvalue weighted by molar-refractivity contribution is -0.147. The molecule has 0 aliphatic heterocycles. The maximum atomic E-state index is 10.6. The highest BCUT2D eigenvalue weighted by Crippen LogP contribution is 2.11. The van der Waals surface area contributed by atoms with Crippen LogP contribution in [0.4, 0.5) is 0 Å². The van der Waals surface area contributed by atoms with E-state index in [1.54, 1.807) is 0 Å². The van der Waals surface area contributed by atoms with Crippen LogP contribution >= 0.6 is 0 Å². The van der Waals surface area contributed by atoms with Crippen molar-refractivity contribution >= 4 is 29.8 Å². The first-order valence-corrected chi connectivity index (χ1v) is 5.33. The second-order valence-electron chi connectivity index (χ2n) is 3.68. The minimum atomic E-state index is -1.37. The molecule has 10 heteroatoms. The minimum absolute atomic E-state index is 0.368. The Kier molecular flexibility index (Phi) is 6.75. The SMILES string of the molecule is O=C(O)CC(=O)O.O=C(O)c1cc(C(=O)O)cc(C(=O)O)c1. The van der Waals surface area contributed by atoms with Gasteiger partial charge in [-0.3, -0.25) is 9.59 Å². The number of carbonyl (C=O) groups is 5. The van der Waals surface area contributed by atoms with Crippen LogP contribution < -0.4 is 0 Å². The fourth-order valence-electron chi connectivity index (χ4n) is 1.13. The van der Waals surface area contributed by atoms with Crippen molar-refractivity contribution in [2.45, 2.75) is 6.42 Å². The van der Waals surface area contributed by atoms with E-state index in [0.29, 0.717) is 0 Å². The zero-order valence-electron chi connectivity index (χ0n) is 10.7. The molecule has 1 rings (SSSR count). The number of aliphatic carboxylic acids is 2. The molecule has 0 aliphatic rings. The number of hydrogen-bond donors (Lipinski definition) is 5. The van der Waals surface area contributed by atoms with Crippen molar-refractivity contribution in [1.82, 2.24) is 0 Å². The molecular weight excluding hydrogens is 304 g/mol. The van der Waals surface area contributed by atoms with Crippen molar-refractivity contribution in [3.8, 4) is 0 Å².